The van der Waals surface area contributed by atoms with Crippen LogP contribution >= 0.6 is 0 Å². The predicted octanol–water partition coefficient (Wildman–Crippen LogP) is 0.130. The molecule has 1 amide bonds. The van der Waals surface area contributed by atoms with Crippen LogP contribution in [0.5, 0.6) is 0 Å². The van der Waals surface area contributed by atoms with Gasteiger partial charge in [0.2, 0.25) is 5.91 Å². The molecule has 0 radical (unpaired) electrons. The Bertz CT molecular complexity index is 337. The molecule has 2 N–H and O–H groups in total. The Kier molecular flexibility index (Phi) is 3.58. The number of furan rings is 1. The number of ether oxygens (including phenoxy) is 1. The fourth-order valence-electron chi connectivity index (χ4n) is 1.81. The first-order valence-electron chi connectivity index (χ1n) is 5.35. The zero-order valence-corrected chi connectivity index (χ0v) is 9.23. The van der Waals surface area contributed by atoms with E-state index in [1.54, 1.807) is 12.5 Å². The van der Waals surface area contributed by atoms with E-state index < -0.39 is 0 Å². The molecule has 5 nitrogen and oxygen atoms in total. The van der Waals surface area contributed by atoms with Crippen LogP contribution in [0.2, 0.25) is 0 Å². The molecule has 1 aliphatic heterocycles. The second-order valence-corrected chi connectivity index (χ2v) is 3.89. The summed E-state index contributed by atoms with van der Waals surface area (Å²) < 4.78 is 10.2. The van der Waals surface area contributed by atoms with Crippen molar-refractivity contribution >= 4 is 5.91 Å². The number of hydrogen-bond donors (Lipinski definition) is 2. The maximum Gasteiger partial charge on any atom is 0.227 e. The van der Waals surface area contributed by atoms with Crippen molar-refractivity contribution in [1.29, 1.82) is 0 Å². The number of hydrogen-bond acceptors (Lipinski definition) is 4. The van der Waals surface area contributed by atoms with Gasteiger partial charge in [-0.05, 0) is 13.1 Å². The SMILES string of the molecule is CNC1COCC1C(=O)NCc1ccoc1. The summed E-state index contributed by atoms with van der Waals surface area (Å²) in [6.45, 7) is 1.59. The summed E-state index contributed by atoms with van der Waals surface area (Å²) in [5, 5.41) is 5.96. The molecule has 0 spiro atoms. The van der Waals surface area contributed by atoms with Gasteiger partial charge in [-0.15, -0.1) is 0 Å². The first kappa shape index (κ1) is 11.2. The number of nitrogens with one attached hydrogen (secondary N) is 2. The lowest BCUT2D eigenvalue weighted by atomic mass is 10.0. The summed E-state index contributed by atoms with van der Waals surface area (Å²) in [5.74, 6) is -0.0741. The van der Waals surface area contributed by atoms with Crippen LogP contribution in [-0.4, -0.2) is 32.2 Å². The topological polar surface area (TPSA) is 63.5 Å². The van der Waals surface area contributed by atoms with Crippen molar-refractivity contribution in [2.45, 2.75) is 12.6 Å². The number of rotatable bonds is 4. The summed E-state index contributed by atoms with van der Waals surface area (Å²) in [7, 11) is 1.84. The Morgan fingerprint density at radius 1 is 1.56 bits per heavy atom. The van der Waals surface area contributed by atoms with E-state index in [0.717, 1.165) is 5.56 Å². The van der Waals surface area contributed by atoms with E-state index in [-0.39, 0.29) is 17.9 Å². The third-order valence-corrected chi connectivity index (χ3v) is 2.83. The molecule has 88 valence electrons. The molecular weight excluding hydrogens is 208 g/mol. The number of carbonyl (C=O) groups excluding carboxylic acids is 1. The fraction of sp³-hybridized carbons (Fsp3) is 0.545. The molecule has 5 heteroatoms. The van der Waals surface area contributed by atoms with Crippen LogP contribution in [-0.2, 0) is 16.1 Å². The highest BCUT2D eigenvalue weighted by molar-refractivity contribution is 5.79. The minimum Gasteiger partial charge on any atom is -0.472 e. The van der Waals surface area contributed by atoms with E-state index in [2.05, 4.69) is 10.6 Å². The average molecular weight is 224 g/mol. The lowest BCUT2D eigenvalue weighted by Gasteiger charge is -2.15. The first-order valence-corrected chi connectivity index (χ1v) is 5.35. The Morgan fingerprint density at radius 3 is 3.12 bits per heavy atom. The predicted molar refractivity (Wildman–Crippen MR) is 57.7 cm³/mol. The van der Waals surface area contributed by atoms with Crippen molar-refractivity contribution in [3.05, 3.63) is 24.2 Å². The Hall–Kier alpha value is -1.33. The molecule has 0 aromatic carbocycles. The average Bonchev–Trinajstić information content (AvgIpc) is 2.96. The normalized spacial score (nSPS) is 24.6. The van der Waals surface area contributed by atoms with Gasteiger partial charge in [0.25, 0.3) is 0 Å². The molecule has 0 saturated carbocycles. The van der Waals surface area contributed by atoms with Crippen LogP contribution in [0.4, 0.5) is 0 Å². The molecule has 16 heavy (non-hydrogen) atoms. The highest BCUT2D eigenvalue weighted by Crippen LogP contribution is 2.13. The van der Waals surface area contributed by atoms with Crippen molar-refractivity contribution in [3.8, 4) is 0 Å². The summed E-state index contributed by atoms with van der Waals surface area (Å²) >= 11 is 0. The minimum atomic E-state index is -0.100. The molecule has 1 aliphatic rings. The third kappa shape index (κ3) is 2.43. The summed E-state index contributed by atoms with van der Waals surface area (Å²) in [6, 6.07) is 1.95. The molecule has 0 bridgehead atoms. The molecule has 2 atom stereocenters. The van der Waals surface area contributed by atoms with Crippen LogP contribution in [0.1, 0.15) is 5.56 Å². The highest BCUT2D eigenvalue weighted by Gasteiger charge is 2.32. The van der Waals surface area contributed by atoms with Gasteiger partial charge >= 0.3 is 0 Å². The smallest absolute Gasteiger partial charge is 0.227 e. The maximum atomic E-state index is 11.8. The minimum absolute atomic E-state index is 0.0260. The Balaban J connectivity index is 1.83. The number of carbonyl (C=O) groups is 1. The van der Waals surface area contributed by atoms with E-state index >= 15 is 0 Å². The zero-order valence-electron chi connectivity index (χ0n) is 9.23. The largest absolute Gasteiger partial charge is 0.472 e. The lowest BCUT2D eigenvalue weighted by molar-refractivity contribution is -0.125. The van der Waals surface area contributed by atoms with Crippen molar-refractivity contribution < 1.29 is 13.9 Å². The van der Waals surface area contributed by atoms with Gasteiger partial charge in [0, 0.05) is 18.2 Å². The van der Waals surface area contributed by atoms with Gasteiger partial charge in [0.05, 0.1) is 31.7 Å². The molecule has 1 aromatic rings. The molecule has 0 aliphatic carbocycles. The fourth-order valence-corrected chi connectivity index (χ4v) is 1.81. The summed E-state index contributed by atoms with van der Waals surface area (Å²) in [6.07, 6.45) is 3.22. The van der Waals surface area contributed by atoms with Gasteiger partial charge in [0.1, 0.15) is 0 Å². The van der Waals surface area contributed by atoms with Gasteiger partial charge < -0.3 is 19.8 Å². The quantitative estimate of drug-likeness (QED) is 0.763. The first-order chi connectivity index (χ1) is 7.81. The van der Waals surface area contributed by atoms with Crippen LogP contribution in [0.25, 0.3) is 0 Å². The molecule has 2 rings (SSSR count). The van der Waals surface area contributed by atoms with Crippen LogP contribution < -0.4 is 10.6 Å². The molecule has 1 aromatic heterocycles. The molecule has 2 unspecified atom stereocenters. The van der Waals surface area contributed by atoms with Gasteiger partial charge in [0.15, 0.2) is 0 Å². The molecule has 1 saturated heterocycles. The van der Waals surface area contributed by atoms with Crippen molar-refractivity contribution in [1.82, 2.24) is 10.6 Å². The van der Waals surface area contributed by atoms with Crippen molar-refractivity contribution in [2.75, 3.05) is 20.3 Å². The standard InChI is InChI=1S/C11H16N2O3/c1-12-10-7-16-6-9(10)11(14)13-4-8-2-3-15-5-8/h2-3,5,9-10,12H,4,6-7H2,1H3,(H,13,14). The third-order valence-electron chi connectivity index (χ3n) is 2.83. The Morgan fingerprint density at radius 2 is 2.44 bits per heavy atom. The van der Waals surface area contributed by atoms with Crippen molar-refractivity contribution in [3.63, 3.8) is 0 Å². The van der Waals surface area contributed by atoms with E-state index in [4.69, 9.17) is 9.15 Å². The molecule has 1 fully saturated rings. The van der Waals surface area contributed by atoms with E-state index in [1.807, 2.05) is 13.1 Å². The van der Waals surface area contributed by atoms with Crippen LogP contribution in [0.15, 0.2) is 23.0 Å². The van der Waals surface area contributed by atoms with E-state index in [9.17, 15) is 4.79 Å². The second kappa shape index (κ2) is 5.14. The number of amides is 1. The van der Waals surface area contributed by atoms with Gasteiger partial charge in [-0.25, -0.2) is 0 Å². The lowest BCUT2D eigenvalue weighted by Crippen LogP contribution is -2.42. The zero-order chi connectivity index (χ0) is 11.4. The second-order valence-electron chi connectivity index (χ2n) is 3.89. The molecule has 2 heterocycles. The van der Waals surface area contributed by atoms with Crippen molar-refractivity contribution in [2.24, 2.45) is 5.92 Å². The van der Waals surface area contributed by atoms with Gasteiger partial charge in [-0.1, -0.05) is 0 Å². The van der Waals surface area contributed by atoms with Crippen LogP contribution in [0, 0.1) is 5.92 Å². The molecular formula is C11H16N2O3. The summed E-state index contributed by atoms with van der Waals surface area (Å²) in [5.41, 5.74) is 0.966. The van der Waals surface area contributed by atoms with Crippen LogP contribution in [0.3, 0.4) is 0 Å². The Labute approximate surface area is 94.1 Å². The summed E-state index contributed by atoms with van der Waals surface area (Å²) in [4.78, 5) is 11.8. The monoisotopic (exact) mass is 224 g/mol. The van der Waals surface area contributed by atoms with Gasteiger partial charge in [-0.3, -0.25) is 4.79 Å². The maximum absolute atomic E-state index is 11.8. The van der Waals surface area contributed by atoms with E-state index in [1.165, 1.54) is 0 Å². The van der Waals surface area contributed by atoms with E-state index in [0.29, 0.717) is 19.8 Å². The number of likely N-dealkylation sites (N-methyl/N-ethyl adjacent to an activating group) is 1. The van der Waals surface area contributed by atoms with Gasteiger partial charge in [-0.2, -0.15) is 0 Å². The highest BCUT2D eigenvalue weighted by atomic mass is 16.5.